The van der Waals surface area contributed by atoms with Gasteiger partial charge in [0.25, 0.3) is 10.1 Å². The van der Waals surface area contributed by atoms with Crippen LogP contribution in [0.25, 0.3) is 0 Å². The molecule has 1 unspecified atom stereocenters. The smallest absolute Gasteiger partial charge is 0.324 e. The van der Waals surface area contributed by atoms with Crippen LogP contribution in [0, 0.1) is 5.92 Å². The topological polar surface area (TPSA) is 94.8 Å². The number of hydrogen-bond donors (Lipinski definition) is 0. The zero-order chi connectivity index (χ0) is 17.0. The van der Waals surface area contributed by atoms with E-state index in [1.165, 1.54) is 0 Å². The van der Waals surface area contributed by atoms with E-state index in [-0.39, 0.29) is 24.5 Å². The molecule has 1 aromatic heterocycles. The van der Waals surface area contributed by atoms with Crippen LogP contribution in [0.1, 0.15) is 38.4 Å². The van der Waals surface area contributed by atoms with E-state index in [0.717, 1.165) is 32.2 Å². The van der Waals surface area contributed by atoms with Crippen molar-refractivity contribution in [2.45, 2.75) is 38.7 Å². The van der Waals surface area contributed by atoms with E-state index in [4.69, 9.17) is 13.4 Å². The van der Waals surface area contributed by atoms with Gasteiger partial charge in [-0.15, -0.1) is 0 Å². The van der Waals surface area contributed by atoms with Gasteiger partial charge in [0.05, 0.1) is 19.0 Å². The van der Waals surface area contributed by atoms with E-state index in [1.807, 2.05) is 13.8 Å². The zero-order valence-corrected chi connectivity index (χ0v) is 14.9. The Bertz CT molecular complexity index is 593. The van der Waals surface area contributed by atoms with Crippen LogP contribution in [0.2, 0.25) is 0 Å². The fourth-order valence-corrected chi connectivity index (χ4v) is 3.02. The summed E-state index contributed by atoms with van der Waals surface area (Å²) in [5, 5.41) is 3.98. The van der Waals surface area contributed by atoms with Gasteiger partial charge in [-0.1, -0.05) is 19.0 Å². The molecule has 2 rings (SSSR count). The third-order valence-electron chi connectivity index (χ3n) is 4.03. The second-order valence-electron chi connectivity index (χ2n) is 6.18. The third kappa shape index (κ3) is 5.15. The summed E-state index contributed by atoms with van der Waals surface area (Å²) in [5.41, 5.74) is 0. The van der Waals surface area contributed by atoms with Gasteiger partial charge in [-0.3, -0.25) is 4.18 Å². The van der Waals surface area contributed by atoms with Gasteiger partial charge in [0.1, 0.15) is 0 Å². The van der Waals surface area contributed by atoms with Crippen LogP contribution < -0.4 is 4.90 Å². The van der Waals surface area contributed by atoms with Gasteiger partial charge in [-0.2, -0.15) is 13.4 Å². The molecule has 0 radical (unpaired) electrons. The molecule has 1 fully saturated rings. The van der Waals surface area contributed by atoms with Crippen molar-refractivity contribution < 1.29 is 21.9 Å². The van der Waals surface area contributed by atoms with E-state index < -0.39 is 10.1 Å². The molecule has 0 aliphatic carbocycles. The highest BCUT2D eigenvalue weighted by Crippen LogP contribution is 2.26. The van der Waals surface area contributed by atoms with E-state index in [2.05, 4.69) is 15.0 Å². The maximum absolute atomic E-state index is 11.1. The molecule has 0 saturated carbocycles. The predicted octanol–water partition coefficient (Wildman–Crippen LogP) is 1.40. The van der Waals surface area contributed by atoms with Crippen LogP contribution in [0.5, 0.6) is 0 Å². The summed E-state index contributed by atoms with van der Waals surface area (Å²) < 4.78 is 37.8. The van der Waals surface area contributed by atoms with Crippen LogP contribution in [-0.2, 0) is 19.0 Å². The largest absolute Gasteiger partial charge is 0.379 e. The van der Waals surface area contributed by atoms with Gasteiger partial charge in [-0.05, 0) is 18.8 Å². The molecule has 9 heteroatoms. The minimum absolute atomic E-state index is 0.0536. The number of aromatic nitrogens is 2. The lowest BCUT2D eigenvalue weighted by atomic mass is 9.91. The molecule has 132 valence electrons. The Kier molecular flexibility index (Phi) is 5.99. The molecule has 0 N–H and O–H groups in total. The quantitative estimate of drug-likeness (QED) is 0.683. The highest BCUT2D eigenvalue weighted by molar-refractivity contribution is 7.85. The lowest BCUT2D eigenvalue weighted by molar-refractivity contribution is 0.00912. The van der Waals surface area contributed by atoms with Crippen molar-refractivity contribution in [1.29, 1.82) is 0 Å². The van der Waals surface area contributed by atoms with Crippen molar-refractivity contribution in [1.82, 2.24) is 10.1 Å². The van der Waals surface area contributed by atoms with Gasteiger partial charge in [-0.25, -0.2) is 0 Å². The Hall–Kier alpha value is -1.19. The molecule has 1 saturated heterocycles. The zero-order valence-electron chi connectivity index (χ0n) is 14.1. The molecule has 1 aliphatic heterocycles. The van der Waals surface area contributed by atoms with Crippen molar-refractivity contribution in [2.75, 3.05) is 38.0 Å². The lowest BCUT2D eigenvalue weighted by Gasteiger charge is -2.34. The highest BCUT2D eigenvalue weighted by atomic mass is 32.2. The summed E-state index contributed by atoms with van der Waals surface area (Å²) in [5.74, 6) is 1.18. The molecule has 23 heavy (non-hydrogen) atoms. The van der Waals surface area contributed by atoms with Crippen molar-refractivity contribution in [3.63, 3.8) is 0 Å². The van der Waals surface area contributed by atoms with Gasteiger partial charge < -0.3 is 14.2 Å². The molecule has 0 amide bonds. The van der Waals surface area contributed by atoms with Crippen molar-refractivity contribution in [3.05, 3.63) is 5.82 Å². The molecule has 0 aromatic carbocycles. The number of nitrogens with zero attached hydrogens (tertiary/aromatic N) is 3. The summed E-state index contributed by atoms with van der Waals surface area (Å²) in [6.45, 7) is 5.63. The van der Waals surface area contributed by atoms with Crippen molar-refractivity contribution in [2.24, 2.45) is 5.92 Å². The summed E-state index contributed by atoms with van der Waals surface area (Å²) >= 11 is 0. The van der Waals surface area contributed by atoms with Crippen LogP contribution in [0.4, 0.5) is 6.01 Å². The third-order valence-corrected chi connectivity index (χ3v) is 4.60. The van der Waals surface area contributed by atoms with Gasteiger partial charge in [0.2, 0.25) is 0 Å². The minimum Gasteiger partial charge on any atom is -0.379 e. The summed E-state index contributed by atoms with van der Waals surface area (Å²) in [6, 6.07) is 0.550. The molecule has 1 aliphatic rings. The van der Waals surface area contributed by atoms with Crippen LogP contribution in [0.15, 0.2) is 4.52 Å². The van der Waals surface area contributed by atoms with Gasteiger partial charge >= 0.3 is 6.01 Å². The minimum atomic E-state index is -3.45. The molecule has 1 atom stereocenters. The molecule has 0 spiro atoms. The number of anilines is 1. The molecule has 8 nitrogen and oxygen atoms in total. The lowest BCUT2D eigenvalue weighted by Crippen LogP contribution is -2.40. The first-order valence-corrected chi connectivity index (χ1v) is 9.57. The standard InChI is InChI=1S/C14H25N3O5S/c1-10(2)13-15-14(22-16-13)17-7-5-11(6-8-17)12(20-3)9-21-23(4,18)19/h10-12H,5-9H2,1-4H3. The molecule has 1 aromatic rings. The second-order valence-corrected chi connectivity index (χ2v) is 7.82. The fraction of sp³-hybridized carbons (Fsp3) is 0.857. The fourth-order valence-electron chi connectivity index (χ4n) is 2.64. The SMILES string of the molecule is COC(COS(C)(=O)=O)C1CCN(c2nc(C(C)C)no2)CC1. The van der Waals surface area contributed by atoms with E-state index >= 15 is 0 Å². The van der Waals surface area contributed by atoms with E-state index in [1.54, 1.807) is 7.11 Å². The van der Waals surface area contributed by atoms with Crippen LogP contribution in [-0.4, -0.2) is 57.7 Å². The van der Waals surface area contributed by atoms with Gasteiger partial charge in [0, 0.05) is 26.1 Å². The highest BCUT2D eigenvalue weighted by Gasteiger charge is 2.29. The predicted molar refractivity (Wildman–Crippen MR) is 84.9 cm³/mol. The number of rotatable bonds is 7. The average Bonchev–Trinajstić information content (AvgIpc) is 2.97. The van der Waals surface area contributed by atoms with Crippen LogP contribution >= 0.6 is 0 Å². The Morgan fingerprint density at radius 3 is 2.48 bits per heavy atom. The summed E-state index contributed by atoms with van der Waals surface area (Å²) in [4.78, 5) is 6.46. The Morgan fingerprint density at radius 2 is 2.00 bits per heavy atom. The van der Waals surface area contributed by atoms with Crippen molar-refractivity contribution >= 4 is 16.1 Å². The van der Waals surface area contributed by atoms with E-state index in [0.29, 0.717) is 11.8 Å². The summed E-state index contributed by atoms with van der Waals surface area (Å²) in [6.07, 6.45) is 2.51. The Labute approximate surface area is 137 Å². The number of piperidine rings is 1. The van der Waals surface area contributed by atoms with Crippen molar-refractivity contribution in [3.8, 4) is 0 Å². The maximum Gasteiger partial charge on any atom is 0.324 e. The number of methoxy groups -OCH3 is 1. The van der Waals surface area contributed by atoms with Gasteiger partial charge in [0.15, 0.2) is 5.82 Å². The average molecular weight is 347 g/mol. The number of hydrogen-bond acceptors (Lipinski definition) is 8. The Balaban J connectivity index is 1.88. The monoisotopic (exact) mass is 347 g/mol. The first-order chi connectivity index (χ1) is 10.8. The first-order valence-electron chi connectivity index (χ1n) is 7.76. The molecule has 0 bridgehead atoms. The molecular formula is C14H25N3O5S. The van der Waals surface area contributed by atoms with E-state index in [9.17, 15) is 8.42 Å². The Morgan fingerprint density at radius 1 is 1.35 bits per heavy atom. The first kappa shape index (κ1) is 18.2. The molecule has 2 heterocycles. The molecular weight excluding hydrogens is 322 g/mol. The number of ether oxygens (including phenoxy) is 1. The van der Waals surface area contributed by atoms with Crippen LogP contribution in [0.3, 0.4) is 0 Å². The maximum atomic E-state index is 11.1. The summed E-state index contributed by atoms with van der Waals surface area (Å²) in [7, 11) is -1.87. The second kappa shape index (κ2) is 7.59. The normalized spacial score (nSPS) is 18.6.